The molecule has 0 bridgehead atoms. The monoisotopic (exact) mass is 339 g/mol. The second kappa shape index (κ2) is 7.01. The molecule has 2 N–H and O–H groups in total. The number of amides is 1. The number of nitrogens with one attached hydrogen (secondary N) is 1. The van der Waals surface area contributed by atoms with Crippen molar-refractivity contribution in [2.24, 2.45) is 11.3 Å². The van der Waals surface area contributed by atoms with Crippen LogP contribution in [0.1, 0.15) is 47.3 Å². The quantitative estimate of drug-likeness (QED) is 0.865. The molecule has 23 heavy (non-hydrogen) atoms. The van der Waals surface area contributed by atoms with Crippen molar-refractivity contribution in [1.82, 2.24) is 5.32 Å². The summed E-state index contributed by atoms with van der Waals surface area (Å²) in [6.45, 7) is 6.72. The molecule has 1 aromatic heterocycles. The van der Waals surface area contributed by atoms with E-state index in [0.29, 0.717) is 10.8 Å². The van der Waals surface area contributed by atoms with Crippen molar-refractivity contribution in [2.45, 2.75) is 46.1 Å². The van der Waals surface area contributed by atoms with Crippen LogP contribution in [0.5, 0.6) is 0 Å². The average Bonchev–Trinajstić information content (AvgIpc) is 2.88. The number of carboxylic acids is 1. The third kappa shape index (κ3) is 4.32. The van der Waals surface area contributed by atoms with Gasteiger partial charge in [0, 0.05) is 12.0 Å². The van der Waals surface area contributed by atoms with Crippen LogP contribution in [0.2, 0.25) is 0 Å². The summed E-state index contributed by atoms with van der Waals surface area (Å²) in [5.74, 6) is -0.809. The Morgan fingerprint density at radius 1 is 1.48 bits per heavy atom. The predicted octanol–water partition coefficient (Wildman–Crippen LogP) is 2.73. The summed E-state index contributed by atoms with van der Waals surface area (Å²) in [6.07, 6.45) is 3.12. The van der Waals surface area contributed by atoms with Gasteiger partial charge in [-0.1, -0.05) is 20.8 Å². The number of hydrogen-bond donors (Lipinski definition) is 2. The first-order valence-electron chi connectivity index (χ1n) is 7.86. The lowest BCUT2D eigenvalue weighted by molar-refractivity contribution is -0.140. The Morgan fingerprint density at radius 3 is 2.74 bits per heavy atom. The molecule has 6 heteroatoms. The number of aryl methyl sites for hydroxylation is 1. The van der Waals surface area contributed by atoms with Crippen molar-refractivity contribution >= 4 is 23.2 Å². The highest BCUT2D eigenvalue weighted by Crippen LogP contribution is 2.40. The fraction of sp³-hybridized carbons (Fsp3) is 0.647. The van der Waals surface area contributed by atoms with Gasteiger partial charge < -0.3 is 15.2 Å². The number of hydrogen-bond acceptors (Lipinski definition) is 4. The van der Waals surface area contributed by atoms with E-state index in [-0.39, 0.29) is 17.9 Å². The fourth-order valence-electron chi connectivity index (χ4n) is 2.95. The Hall–Kier alpha value is -1.40. The zero-order valence-corrected chi connectivity index (χ0v) is 15.0. The second-order valence-electron chi connectivity index (χ2n) is 7.18. The first-order chi connectivity index (χ1) is 10.7. The van der Waals surface area contributed by atoms with Crippen LogP contribution in [0.15, 0.2) is 6.07 Å². The van der Waals surface area contributed by atoms with Crippen molar-refractivity contribution in [3.05, 3.63) is 21.4 Å². The maximum atomic E-state index is 12.3. The van der Waals surface area contributed by atoms with E-state index in [0.717, 1.165) is 19.3 Å². The zero-order chi connectivity index (χ0) is 17.2. The predicted molar refractivity (Wildman–Crippen MR) is 90.1 cm³/mol. The van der Waals surface area contributed by atoms with Gasteiger partial charge in [-0.05, 0) is 42.2 Å². The van der Waals surface area contributed by atoms with Gasteiger partial charge >= 0.3 is 5.97 Å². The van der Waals surface area contributed by atoms with Gasteiger partial charge in [0.15, 0.2) is 6.04 Å². The Kier molecular flexibility index (Phi) is 5.47. The first kappa shape index (κ1) is 17.9. The summed E-state index contributed by atoms with van der Waals surface area (Å²) < 4.78 is 4.84. The lowest BCUT2D eigenvalue weighted by atomic mass is 9.72. The van der Waals surface area contributed by atoms with Crippen molar-refractivity contribution in [1.29, 1.82) is 0 Å². The van der Waals surface area contributed by atoms with E-state index in [2.05, 4.69) is 26.1 Å². The van der Waals surface area contributed by atoms with Crippen LogP contribution >= 0.6 is 11.3 Å². The van der Waals surface area contributed by atoms with Gasteiger partial charge in [0.25, 0.3) is 5.91 Å². The Morgan fingerprint density at radius 2 is 2.17 bits per heavy atom. The minimum absolute atomic E-state index is 0.0434. The highest BCUT2D eigenvalue weighted by molar-refractivity contribution is 7.14. The van der Waals surface area contributed by atoms with Crippen LogP contribution in [0, 0.1) is 11.3 Å². The minimum Gasteiger partial charge on any atom is -0.480 e. The molecule has 0 fully saturated rings. The number of carboxylic acid groups (broad SMARTS) is 1. The maximum Gasteiger partial charge on any atom is 0.328 e. The molecule has 2 rings (SSSR count). The Balaban J connectivity index is 2.10. The molecule has 0 spiro atoms. The minimum atomic E-state index is -1.09. The summed E-state index contributed by atoms with van der Waals surface area (Å²) in [5.41, 5.74) is 1.50. The highest BCUT2D eigenvalue weighted by Gasteiger charge is 2.31. The summed E-state index contributed by atoms with van der Waals surface area (Å²) in [6, 6.07) is 0.910. The molecule has 2 unspecified atom stereocenters. The smallest absolute Gasteiger partial charge is 0.328 e. The highest BCUT2D eigenvalue weighted by atomic mass is 32.1. The van der Waals surface area contributed by atoms with Crippen LogP contribution in [0.3, 0.4) is 0 Å². The normalized spacial score (nSPS) is 19.0. The van der Waals surface area contributed by atoms with Gasteiger partial charge in [-0.2, -0.15) is 0 Å². The van der Waals surface area contributed by atoms with Crippen LogP contribution in [-0.2, 0) is 22.4 Å². The summed E-state index contributed by atoms with van der Waals surface area (Å²) in [5, 5.41) is 11.6. The van der Waals surface area contributed by atoms with E-state index < -0.39 is 12.0 Å². The topological polar surface area (TPSA) is 75.6 Å². The molecule has 1 aromatic rings. The summed E-state index contributed by atoms with van der Waals surface area (Å²) in [7, 11) is 1.42. The molecule has 5 nitrogen and oxygen atoms in total. The lowest BCUT2D eigenvalue weighted by Gasteiger charge is -2.33. The molecule has 0 radical (unpaired) electrons. The molecule has 2 atom stereocenters. The molecule has 1 amide bonds. The van der Waals surface area contributed by atoms with Gasteiger partial charge in [-0.25, -0.2) is 4.79 Å². The van der Waals surface area contributed by atoms with Gasteiger partial charge in [0.05, 0.1) is 11.5 Å². The number of aliphatic carboxylic acids is 1. The molecule has 0 aromatic carbocycles. The summed E-state index contributed by atoms with van der Waals surface area (Å²) >= 11 is 1.48. The number of fused-ring (bicyclic) bond motifs is 1. The van der Waals surface area contributed by atoms with Gasteiger partial charge in [-0.15, -0.1) is 11.3 Å². The van der Waals surface area contributed by atoms with Gasteiger partial charge in [0.2, 0.25) is 0 Å². The molecule has 0 saturated heterocycles. The number of thiophene rings is 1. The van der Waals surface area contributed by atoms with Gasteiger partial charge in [-0.3, -0.25) is 4.79 Å². The van der Waals surface area contributed by atoms with Crippen LogP contribution in [0.25, 0.3) is 0 Å². The van der Waals surface area contributed by atoms with E-state index in [1.165, 1.54) is 28.9 Å². The van der Waals surface area contributed by atoms with Gasteiger partial charge in [0.1, 0.15) is 0 Å². The molecular formula is C17H25NO4S. The van der Waals surface area contributed by atoms with E-state index in [1.54, 1.807) is 0 Å². The standard InChI is InChI=1S/C17H25NO4S/c1-17(2,3)11-5-6-13-10(7-11)8-14(23-13)15(19)18-12(9-22-4)16(20)21/h8,11-12H,5-7,9H2,1-4H3,(H,18,19)(H,20,21). The first-order valence-corrected chi connectivity index (χ1v) is 8.68. The van der Waals surface area contributed by atoms with Crippen molar-refractivity contribution in [3.63, 3.8) is 0 Å². The molecule has 1 aliphatic rings. The van der Waals surface area contributed by atoms with Crippen LogP contribution < -0.4 is 5.32 Å². The van der Waals surface area contributed by atoms with Crippen molar-refractivity contribution in [3.8, 4) is 0 Å². The number of carbonyl (C=O) groups excluding carboxylic acids is 1. The van der Waals surface area contributed by atoms with Crippen molar-refractivity contribution in [2.75, 3.05) is 13.7 Å². The molecule has 0 aliphatic heterocycles. The molecule has 1 aliphatic carbocycles. The van der Waals surface area contributed by atoms with E-state index in [9.17, 15) is 9.59 Å². The number of rotatable bonds is 5. The number of ether oxygens (including phenoxy) is 1. The third-order valence-corrected chi connectivity index (χ3v) is 5.70. The largest absolute Gasteiger partial charge is 0.480 e. The molecule has 0 saturated carbocycles. The second-order valence-corrected chi connectivity index (χ2v) is 8.32. The number of methoxy groups -OCH3 is 1. The van der Waals surface area contributed by atoms with Crippen molar-refractivity contribution < 1.29 is 19.4 Å². The van der Waals surface area contributed by atoms with E-state index in [4.69, 9.17) is 9.84 Å². The molecule has 128 valence electrons. The van der Waals surface area contributed by atoms with E-state index in [1.807, 2.05) is 6.07 Å². The average molecular weight is 339 g/mol. The maximum absolute atomic E-state index is 12.3. The van der Waals surface area contributed by atoms with Crippen LogP contribution in [0.4, 0.5) is 0 Å². The fourth-order valence-corrected chi connectivity index (χ4v) is 4.06. The molecule has 1 heterocycles. The van der Waals surface area contributed by atoms with E-state index >= 15 is 0 Å². The zero-order valence-electron chi connectivity index (χ0n) is 14.1. The third-order valence-electron chi connectivity index (χ3n) is 4.47. The SMILES string of the molecule is COCC(NC(=O)c1cc2c(s1)CCC(C(C)(C)C)C2)C(=O)O. The number of carbonyl (C=O) groups is 2. The Bertz CT molecular complexity index is 588. The lowest BCUT2D eigenvalue weighted by Crippen LogP contribution is -2.43. The summed E-state index contributed by atoms with van der Waals surface area (Å²) in [4.78, 5) is 25.3. The Labute approximate surface area is 141 Å². The molecular weight excluding hydrogens is 314 g/mol. The van der Waals surface area contributed by atoms with Crippen LogP contribution in [-0.4, -0.2) is 36.7 Å².